The Bertz CT molecular complexity index is 402. The Hall–Kier alpha value is -1.30. The summed E-state index contributed by atoms with van der Waals surface area (Å²) in [5.41, 5.74) is -0.0699. The van der Waals surface area contributed by atoms with Crippen LogP contribution < -0.4 is 5.32 Å². The number of nitrogens with one attached hydrogen (secondary N) is 1. The number of nitrogens with zero attached hydrogens (tertiary/aromatic N) is 1. The summed E-state index contributed by atoms with van der Waals surface area (Å²) in [6.45, 7) is 1.93. The number of carboxylic acids is 1. The maximum Gasteiger partial charge on any atom is 0.317 e. The first-order chi connectivity index (χ1) is 9.62. The van der Waals surface area contributed by atoms with Crippen LogP contribution in [0.1, 0.15) is 38.5 Å². The van der Waals surface area contributed by atoms with Crippen LogP contribution in [0.25, 0.3) is 0 Å². The molecule has 2 unspecified atom stereocenters. The van der Waals surface area contributed by atoms with E-state index in [1.165, 1.54) is 12.8 Å². The summed E-state index contributed by atoms with van der Waals surface area (Å²) in [5.74, 6) is -0.219. The van der Waals surface area contributed by atoms with E-state index in [0.717, 1.165) is 19.4 Å². The number of aliphatic carboxylic acids is 1. The number of likely N-dealkylation sites (tertiary alicyclic amines) is 1. The molecule has 2 N–H and O–H groups in total. The van der Waals surface area contributed by atoms with Crippen molar-refractivity contribution in [1.29, 1.82) is 0 Å². The maximum absolute atomic E-state index is 12.2. The predicted octanol–water partition coefficient (Wildman–Crippen LogP) is 1.20. The number of hydrogen-bond donors (Lipinski definition) is 2. The molecule has 0 aromatic carbocycles. The van der Waals surface area contributed by atoms with Gasteiger partial charge in [-0.1, -0.05) is 0 Å². The van der Waals surface area contributed by atoms with Gasteiger partial charge in [0.25, 0.3) is 0 Å². The van der Waals surface area contributed by atoms with Gasteiger partial charge >= 0.3 is 12.0 Å². The van der Waals surface area contributed by atoms with Crippen molar-refractivity contribution in [3.05, 3.63) is 0 Å². The number of hydrogen-bond acceptors (Lipinski definition) is 3. The minimum atomic E-state index is -0.822. The van der Waals surface area contributed by atoms with Gasteiger partial charge in [0, 0.05) is 19.6 Å². The molecule has 2 amide bonds. The van der Waals surface area contributed by atoms with Crippen LogP contribution in [0.2, 0.25) is 0 Å². The van der Waals surface area contributed by atoms with Crippen LogP contribution in [0.15, 0.2) is 0 Å². The van der Waals surface area contributed by atoms with Crippen molar-refractivity contribution < 1.29 is 19.4 Å². The van der Waals surface area contributed by atoms with E-state index >= 15 is 0 Å². The summed E-state index contributed by atoms with van der Waals surface area (Å²) in [4.78, 5) is 24.5. The molecule has 0 aromatic heterocycles. The number of urea groups is 1. The van der Waals surface area contributed by atoms with Crippen molar-refractivity contribution in [1.82, 2.24) is 10.2 Å². The molecule has 3 fully saturated rings. The highest BCUT2D eigenvalue weighted by Gasteiger charge is 2.61. The SMILES string of the molecule is O=C(O)CCCNC(=O)N1CC2(CCCO2)C1C1CC1. The highest BCUT2D eigenvalue weighted by atomic mass is 16.5. The van der Waals surface area contributed by atoms with Crippen LogP contribution in [-0.2, 0) is 9.53 Å². The Balaban J connectivity index is 1.49. The minimum absolute atomic E-state index is 0.0617. The fourth-order valence-corrected chi connectivity index (χ4v) is 3.56. The monoisotopic (exact) mass is 282 g/mol. The van der Waals surface area contributed by atoms with Gasteiger partial charge in [-0.2, -0.15) is 0 Å². The molecule has 1 spiro atoms. The van der Waals surface area contributed by atoms with Crippen molar-refractivity contribution in [2.75, 3.05) is 19.7 Å². The van der Waals surface area contributed by atoms with E-state index in [1.807, 2.05) is 4.90 Å². The Labute approximate surface area is 118 Å². The Kier molecular flexibility index (Phi) is 3.58. The molecular formula is C14H22N2O4. The maximum atomic E-state index is 12.2. The van der Waals surface area contributed by atoms with Gasteiger partial charge in [0.1, 0.15) is 5.60 Å². The molecule has 0 aromatic rings. The second-order valence-electron chi connectivity index (χ2n) is 6.16. The highest BCUT2D eigenvalue weighted by Crippen LogP contribution is 2.51. The summed E-state index contributed by atoms with van der Waals surface area (Å²) < 4.78 is 5.93. The topological polar surface area (TPSA) is 78.9 Å². The van der Waals surface area contributed by atoms with Crippen LogP contribution in [-0.4, -0.2) is 53.3 Å². The number of carbonyl (C=O) groups excluding carboxylic acids is 1. The first-order valence-corrected chi connectivity index (χ1v) is 7.53. The van der Waals surface area contributed by atoms with Gasteiger partial charge in [0.05, 0.1) is 12.6 Å². The van der Waals surface area contributed by atoms with Crippen molar-refractivity contribution in [3.8, 4) is 0 Å². The van der Waals surface area contributed by atoms with E-state index in [1.54, 1.807) is 0 Å². The summed E-state index contributed by atoms with van der Waals surface area (Å²) in [5, 5.41) is 11.4. The Morgan fingerprint density at radius 3 is 2.80 bits per heavy atom. The largest absolute Gasteiger partial charge is 0.481 e. The summed E-state index contributed by atoms with van der Waals surface area (Å²) in [7, 11) is 0. The average Bonchev–Trinajstić information content (AvgIpc) is 3.06. The second-order valence-corrected chi connectivity index (χ2v) is 6.16. The fraction of sp³-hybridized carbons (Fsp3) is 0.857. The number of carbonyl (C=O) groups is 2. The molecule has 1 aliphatic carbocycles. The first kappa shape index (κ1) is 13.7. The first-order valence-electron chi connectivity index (χ1n) is 7.53. The molecule has 0 bridgehead atoms. The van der Waals surface area contributed by atoms with E-state index in [4.69, 9.17) is 9.84 Å². The van der Waals surface area contributed by atoms with Crippen molar-refractivity contribution in [2.45, 2.75) is 50.2 Å². The zero-order chi connectivity index (χ0) is 14.2. The Morgan fingerprint density at radius 2 is 2.20 bits per heavy atom. The van der Waals surface area contributed by atoms with Gasteiger partial charge in [-0.15, -0.1) is 0 Å². The third-order valence-electron chi connectivity index (χ3n) is 4.62. The van der Waals surface area contributed by atoms with E-state index in [2.05, 4.69) is 5.32 Å². The molecule has 6 heteroatoms. The lowest BCUT2D eigenvalue weighted by Gasteiger charge is -2.55. The van der Waals surface area contributed by atoms with Crippen molar-refractivity contribution in [3.63, 3.8) is 0 Å². The second kappa shape index (κ2) is 5.24. The molecule has 3 rings (SSSR count). The number of carboxylic acid groups (broad SMARTS) is 1. The van der Waals surface area contributed by atoms with Gasteiger partial charge in [-0.05, 0) is 38.0 Å². The summed E-state index contributed by atoms with van der Waals surface area (Å²) in [6.07, 6.45) is 5.12. The van der Waals surface area contributed by atoms with Crippen LogP contribution in [0.4, 0.5) is 4.79 Å². The number of amides is 2. The van der Waals surface area contributed by atoms with E-state index in [-0.39, 0.29) is 24.1 Å². The van der Waals surface area contributed by atoms with Crippen LogP contribution in [0, 0.1) is 5.92 Å². The lowest BCUT2D eigenvalue weighted by Crippen LogP contribution is -2.73. The quantitative estimate of drug-likeness (QED) is 0.743. The molecule has 3 aliphatic rings. The fourth-order valence-electron chi connectivity index (χ4n) is 3.56. The number of ether oxygens (including phenoxy) is 1. The van der Waals surface area contributed by atoms with E-state index < -0.39 is 5.97 Å². The van der Waals surface area contributed by atoms with Gasteiger partial charge in [-0.25, -0.2) is 4.79 Å². The highest BCUT2D eigenvalue weighted by molar-refractivity contribution is 5.76. The number of rotatable bonds is 5. The van der Waals surface area contributed by atoms with Crippen LogP contribution in [0.3, 0.4) is 0 Å². The van der Waals surface area contributed by atoms with E-state index in [0.29, 0.717) is 25.4 Å². The average molecular weight is 282 g/mol. The standard InChI is InChI=1S/C14H22N2O4/c17-11(18)3-1-7-15-13(19)16-9-14(6-2-8-20-14)12(16)10-4-5-10/h10,12H,1-9H2,(H,15,19)(H,17,18). The zero-order valence-corrected chi connectivity index (χ0v) is 11.6. The molecule has 1 saturated carbocycles. The zero-order valence-electron chi connectivity index (χ0n) is 11.6. The minimum Gasteiger partial charge on any atom is -0.481 e. The van der Waals surface area contributed by atoms with E-state index in [9.17, 15) is 9.59 Å². The van der Waals surface area contributed by atoms with Crippen LogP contribution >= 0.6 is 0 Å². The van der Waals surface area contributed by atoms with Gasteiger partial charge in [0.2, 0.25) is 0 Å². The molecular weight excluding hydrogens is 260 g/mol. The molecule has 2 atom stereocenters. The summed E-state index contributed by atoms with van der Waals surface area (Å²) in [6, 6.07) is 0.179. The van der Waals surface area contributed by atoms with Gasteiger partial charge in [0.15, 0.2) is 0 Å². The molecule has 2 aliphatic heterocycles. The lowest BCUT2D eigenvalue weighted by atomic mass is 9.78. The summed E-state index contributed by atoms with van der Waals surface area (Å²) >= 11 is 0. The van der Waals surface area contributed by atoms with Crippen molar-refractivity contribution in [2.24, 2.45) is 5.92 Å². The molecule has 6 nitrogen and oxygen atoms in total. The lowest BCUT2D eigenvalue weighted by molar-refractivity contribution is -0.147. The van der Waals surface area contributed by atoms with Crippen molar-refractivity contribution >= 4 is 12.0 Å². The Morgan fingerprint density at radius 1 is 1.40 bits per heavy atom. The third-order valence-corrected chi connectivity index (χ3v) is 4.62. The molecule has 2 heterocycles. The molecule has 2 saturated heterocycles. The molecule has 20 heavy (non-hydrogen) atoms. The predicted molar refractivity (Wildman–Crippen MR) is 71.4 cm³/mol. The molecule has 0 radical (unpaired) electrons. The third kappa shape index (κ3) is 2.49. The van der Waals surface area contributed by atoms with Gasteiger partial charge in [-0.3, -0.25) is 4.79 Å². The smallest absolute Gasteiger partial charge is 0.317 e. The van der Waals surface area contributed by atoms with Gasteiger partial charge < -0.3 is 20.1 Å². The normalized spacial score (nSPS) is 32.2. The van der Waals surface area contributed by atoms with Crippen LogP contribution in [0.5, 0.6) is 0 Å². The molecule has 112 valence electrons.